The zero-order valence-corrected chi connectivity index (χ0v) is 17.4. The maximum atomic E-state index is 12.6. The first-order valence-corrected chi connectivity index (χ1v) is 10.0. The van der Waals surface area contributed by atoms with E-state index in [4.69, 9.17) is 16.3 Å². The largest absolute Gasteiger partial charge is 0.495 e. The van der Waals surface area contributed by atoms with E-state index < -0.39 is 5.25 Å². The minimum atomic E-state index is -0.626. The van der Waals surface area contributed by atoms with Crippen molar-refractivity contribution in [2.75, 3.05) is 12.4 Å². The summed E-state index contributed by atoms with van der Waals surface area (Å²) in [7, 11) is 1.53. The van der Waals surface area contributed by atoms with Crippen LogP contribution in [0.1, 0.15) is 18.9 Å². The first-order valence-electron chi connectivity index (χ1n) is 8.75. The number of hydrogen-bond acceptors (Lipinski definition) is 6. The number of benzene rings is 2. The minimum Gasteiger partial charge on any atom is -0.495 e. The fraction of sp³-hybridized carbons (Fsp3) is 0.200. The van der Waals surface area contributed by atoms with Crippen molar-refractivity contribution < 1.29 is 14.3 Å². The van der Waals surface area contributed by atoms with Crippen molar-refractivity contribution in [3.63, 3.8) is 0 Å². The molecule has 0 spiro atoms. The molecule has 0 radical (unpaired) electrons. The van der Waals surface area contributed by atoms with E-state index in [1.807, 2.05) is 18.2 Å². The normalized spacial score (nSPS) is 18.3. The zero-order chi connectivity index (χ0) is 20.8. The van der Waals surface area contributed by atoms with Crippen LogP contribution >= 0.6 is 23.4 Å². The van der Waals surface area contributed by atoms with Crippen LogP contribution < -0.4 is 15.4 Å². The Morgan fingerprint density at radius 1 is 1.24 bits per heavy atom. The molecular weight excluding hydrogens is 412 g/mol. The highest BCUT2D eigenvalue weighted by molar-refractivity contribution is 8.15. The summed E-state index contributed by atoms with van der Waals surface area (Å²) in [5.41, 5.74) is 2.06. The highest BCUT2D eigenvalue weighted by Gasteiger charge is 2.30. The van der Waals surface area contributed by atoms with Crippen molar-refractivity contribution in [3.05, 3.63) is 59.1 Å². The summed E-state index contributed by atoms with van der Waals surface area (Å²) < 4.78 is 5.24. The van der Waals surface area contributed by atoms with Gasteiger partial charge in [-0.2, -0.15) is 5.10 Å². The molecule has 0 aromatic heterocycles. The fourth-order valence-corrected chi connectivity index (χ4v) is 3.63. The van der Waals surface area contributed by atoms with Gasteiger partial charge >= 0.3 is 0 Å². The number of hydrogen-bond donors (Lipinski definition) is 2. The van der Waals surface area contributed by atoms with Crippen molar-refractivity contribution >= 4 is 51.7 Å². The van der Waals surface area contributed by atoms with Gasteiger partial charge in [-0.1, -0.05) is 47.6 Å². The number of thioether (sulfide) groups is 1. The predicted molar refractivity (Wildman–Crippen MR) is 117 cm³/mol. The van der Waals surface area contributed by atoms with Gasteiger partial charge in [-0.15, -0.1) is 5.10 Å². The lowest BCUT2D eigenvalue weighted by atomic mass is 10.1. The van der Waals surface area contributed by atoms with E-state index in [9.17, 15) is 9.59 Å². The molecule has 1 aliphatic rings. The molecule has 2 N–H and O–H groups in total. The average molecular weight is 431 g/mol. The van der Waals surface area contributed by atoms with Gasteiger partial charge in [0.15, 0.2) is 5.17 Å². The molecule has 2 aromatic carbocycles. The van der Waals surface area contributed by atoms with Crippen molar-refractivity contribution in [1.82, 2.24) is 5.32 Å². The summed E-state index contributed by atoms with van der Waals surface area (Å²) in [5.74, 6) is -0.0503. The number of amides is 2. The van der Waals surface area contributed by atoms with Crippen LogP contribution in [0.5, 0.6) is 5.75 Å². The molecule has 1 atom stereocenters. The Morgan fingerprint density at radius 2 is 1.97 bits per heavy atom. The summed E-state index contributed by atoms with van der Waals surface area (Å²) in [6, 6.07) is 14.3. The first-order chi connectivity index (χ1) is 14.0. The topological polar surface area (TPSA) is 92.1 Å². The van der Waals surface area contributed by atoms with Crippen LogP contribution in [0.4, 0.5) is 5.69 Å². The van der Waals surface area contributed by atoms with Gasteiger partial charge in [0, 0.05) is 11.4 Å². The number of nitrogens with one attached hydrogen (secondary N) is 2. The van der Waals surface area contributed by atoms with Crippen molar-refractivity contribution in [2.45, 2.75) is 18.6 Å². The van der Waals surface area contributed by atoms with Crippen LogP contribution in [0.25, 0.3) is 0 Å². The highest BCUT2D eigenvalue weighted by atomic mass is 35.5. The second kappa shape index (κ2) is 9.58. The van der Waals surface area contributed by atoms with E-state index in [2.05, 4.69) is 20.8 Å². The minimum absolute atomic E-state index is 0.0462. The van der Waals surface area contributed by atoms with Gasteiger partial charge in [-0.3, -0.25) is 9.59 Å². The number of halogens is 1. The van der Waals surface area contributed by atoms with Gasteiger partial charge in [0.25, 0.3) is 0 Å². The Hall–Kier alpha value is -2.84. The molecule has 2 amide bonds. The molecule has 1 aliphatic heterocycles. The van der Waals surface area contributed by atoms with Crippen molar-refractivity contribution in [3.8, 4) is 5.75 Å². The number of carbonyl (C=O) groups excluding carboxylic acids is 2. The Kier molecular flexibility index (Phi) is 6.90. The number of para-hydroxylation sites is 2. The van der Waals surface area contributed by atoms with Gasteiger partial charge in [-0.25, -0.2) is 0 Å². The van der Waals surface area contributed by atoms with E-state index in [0.29, 0.717) is 22.2 Å². The molecule has 0 saturated carbocycles. The summed E-state index contributed by atoms with van der Waals surface area (Å²) in [6.07, 6.45) is 0.0462. The fourth-order valence-electron chi connectivity index (χ4n) is 2.57. The van der Waals surface area contributed by atoms with Crippen LogP contribution in [0, 0.1) is 0 Å². The van der Waals surface area contributed by atoms with Crippen LogP contribution in [0.3, 0.4) is 0 Å². The third-order valence-corrected chi connectivity index (χ3v) is 5.41. The molecular formula is C20H19ClN4O3S. The number of nitrogens with zero attached hydrogens (tertiary/aromatic N) is 2. The van der Waals surface area contributed by atoms with Crippen LogP contribution in [0.2, 0.25) is 5.02 Å². The number of anilines is 1. The number of carbonyl (C=O) groups is 2. The highest BCUT2D eigenvalue weighted by Crippen LogP contribution is 2.27. The van der Waals surface area contributed by atoms with Crippen LogP contribution in [-0.2, 0) is 9.59 Å². The Labute approximate surface area is 177 Å². The first kappa shape index (κ1) is 20.9. The van der Waals surface area contributed by atoms with Crippen molar-refractivity contribution in [2.24, 2.45) is 10.2 Å². The second-order valence-corrected chi connectivity index (χ2v) is 7.77. The quantitative estimate of drug-likeness (QED) is 0.559. The smallest absolute Gasteiger partial charge is 0.238 e. The third-order valence-electron chi connectivity index (χ3n) is 4.08. The molecule has 29 heavy (non-hydrogen) atoms. The lowest BCUT2D eigenvalue weighted by molar-refractivity contribution is -0.123. The molecule has 2 aromatic rings. The van der Waals surface area contributed by atoms with Crippen LogP contribution in [0.15, 0.2) is 58.7 Å². The summed E-state index contributed by atoms with van der Waals surface area (Å²) in [6.45, 7) is 1.80. The number of ether oxygens (including phenoxy) is 1. The molecule has 7 nitrogen and oxygen atoms in total. The molecule has 0 aliphatic carbocycles. The number of rotatable bonds is 5. The van der Waals surface area contributed by atoms with Gasteiger partial charge in [0.05, 0.1) is 18.5 Å². The van der Waals surface area contributed by atoms with Crippen molar-refractivity contribution in [1.29, 1.82) is 0 Å². The van der Waals surface area contributed by atoms with Gasteiger partial charge in [0.1, 0.15) is 11.0 Å². The van der Waals surface area contributed by atoms with E-state index in [1.54, 1.807) is 37.3 Å². The monoisotopic (exact) mass is 430 g/mol. The van der Waals surface area contributed by atoms with Gasteiger partial charge in [0.2, 0.25) is 11.8 Å². The lowest BCUT2D eigenvalue weighted by Crippen LogP contribution is -2.41. The van der Waals surface area contributed by atoms with E-state index >= 15 is 0 Å². The zero-order valence-electron chi connectivity index (χ0n) is 15.8. The van der Waals surface area contributed by atoms with Gasteiger partial charge < -0.3 is 15.4 Å². The maximum absolute atomic E-state index is 12.6. The average Bonchev–Trinajstić information content (AvgIpc) is 2.72. The predicted octanol–water partition coefficient (Wildman–Crippen LogP) is 3.69. The molecule has 0 bridgehead atoms. The van der Waals surface area contributed by atoms with E-state index in [-0.39, 0.29) is 23.4 Å². The molecule has 3 rings (SSSR count). The molecule has 9 heteroatoms. The number of amidine groups is 1. The molecule has 1 heterocycles. The SMILES string of the molecule is COc1ccccc1NC(=O)[C@@H]1CC(=O)N/C(=N\N=C(/C)c2ccc(Cl)cc2)S1. The van der Waals surface area contributed by atoms with Crippen LogP contribution in [-0.4, -0.2) is 35.1 Å². The third kappa shape index (κ3) is 5.58. The Bertz CT molecular complexity index is 976. The maximum Gasteiger partial charge on any atom is 0.238 e. The summed E-state index contributed by atoms with van der Waals surface area (Å²) in [5, 5.41) is 14.0. The summed E-state index contributed by atoms with van der Waals surface area (Å²) in [4.78, 5) is 24.7. The number of methoxy groups -OCH3 is 1. The lowest BCUT2D eigenvalue weighted by Gasteiger charge is -2.22. The molecule has 1 saturated heterocycles. The van der Waals surface area contributed by atoms with E-state index in [1.165, 1.54) is 7.11 Å². The summed E-state index contributed by atoms with van der Waals surface area (Å²) >= 11 is 7.04. The second-order valence-electron chi connectivity index (χ2n) is 6.15. The Morgan fingerprint density at radius 3 is 2.69 bits per heavy atom. The van der Waals surface area contributed by atoms with Gasteiger partial charge in [-0.05, 0) is 36.8 Å². The van der Waals surface area contributed by atoms with E-state index in [0.717, 1.165) is 17.3 Å². The Balaban J connectivity index is 1.71. The molecule has 0 unspecified atom stereocenters. The standard InChI is InChI=1S/C20H19ClN4O3S/c1-12(13-7-9-14(21)10-8-13)24-25-20-23-18(26)11-17(29-20)19(27)22-15-5-3-4-6-16(15)28-2/h3-10,17H,11H2,1-2H3,(H,22,27)(H,23,25,26)/b24-12+/t17-/m0/s1. The molecule has 150 valence electrons. The molecule has 1 fully saturated rings.